The number of alkyl carbamates (subject to hydrolysis) is 1. The van der Waals surface area contributed by atoms with Crippen LogP contribution in [0.1, 0.15) is 33.6 Å². The molecule has 1 aromatic rings. The normalized spacial score (nSPS) is 19.2. The van der Waals surface area contributed by atoms with Crippen molar-refractivity contribution in [3.63, 3.8) is 0 Å². The Hall–Kier alpha value is -1.37. The Labute approximate surface area is 133 Å². The molecule has 6 nitrogen and oxygen atoms in total. The first-order valence-electron chi connectivity index (χ1n) is 7.05. The van der Waals surface area contributed by atoms with Crippen molar-refractivity contribution < 1.29 is 9.53 Å². The van der Waals surface area contributed by atoms with E-state index in [0.717, 1.165) is 31.7 Å². The number of carbonyl (C=O) groups excluding carboxylic acids is 1. The largest absolute Gasteiger partial charge is 0.444 e. The second kappa shape index (κ2) is 6.60. The summed E-state index contributed by atoms with van der Waals surface area (Å²) in [6, 6.07) is 0.0686. The molecular weight excluding hydrogens is 336 g/mol. The van der Waals surface area contributed by atoms with Crippen molar-refractivity contribution in [3.8, 4) is 0 Å². The third-order valence-electron chi connectivity index (χ3n) is 3.07. The van der Waals surface area contributed by atoms with Gasteiger partial charge >= 0.3 is 6.09 Å². The van der Waals surface area contributed by atoms with E-state index in [0.29, 0.717) is 4.60 Å². The molecule has 1 amide bonds. The summed E-state index contributed by atoms with van der Waals surface area (Å²) in [5.74, 6) is 0.828. The molecule has 0 aromatic carbocycles. The third-order valence-corrected chi connectivity index (χ3v) is 3.48. The van der Waals surface area contributed by atoms with Crippen molar-refractivity contribution in [1.82, 2.24) is 15.3 Å². The summed E-state index contributed by atoms with van der Waals surface area (Å²) in [7, 11) is 0. The fraction of sp³-hybridized carbons (Fsp3) is 0.643. The van der Waals surface area contributed by atoms with E-state index in [9.17, 15) is 4.79 Å². The van der Waals surface area contributed by atoms with Crippen molar-refractivity contribution in [2.24, 2.45) is 0 Å². The molecule has 0 saturated carbocycles. The standard InChI is InChI=1S/C14H21BrN4O2/c1-14(2,3)21-13(20)18-10-5-4-6-19(9-10)12-8-16-11(15)7-17-12/h7-8,10H,4-6,9H2,1-3H3,(H,18,20)/t10-/m1/s1. The van der Waals surface area contributed by atoms with Gasteiger partial charge in [0.05, 0.1) is 12.4 Å². The number of halogens is 1. The summed E-state index contributed by atoms with van der Waals surface area (Å²) in [6.07, 6.45) is 4.99. The van der Waals surface area contributed by atoms with Crippen LogP contribution in [0.25, 0.3) is 0 Å². The summed E-state index contributed by atoms with van der Waals surface area (Å²) < 4.78 is 6.01. The van der Waals surface area contributed by atoms with Gasteiger partial charge in [0, 0.05) is 19.1 Å². The molecule has 1 atom stereocenters. The molecule has 0 radical (unpaired) electrons. The second-order valence-corrected chi connectivity index (χ2v) is 6.94. The second-order valence-electron chi connectivity index (χ2n) is 6.13. The van der Waals surface area contributed by atoms with Gasteiger partial charge in [-0.15, -0.1) is 0 Å². The summed E-state index contributed by atoms with van der Waals surface area (Å²) in [4.78, 5) is 22.5. The molecule has 0 aliphatic carbocycles. The zero-order chi connectivity index (χ0) is 15.5. The lowest BCUT2D eigenvalue weighted by Gasteiger charge is -2.34. The van der Waals surface area contributed by atoms with Gasteiger partial charge in [0.1, 0.15) is 16.0 Å². The Morgan fingerprint density at radius 1 is 1.43 bits per heavy atom. The van der Waals surface area contributed by atoms with Crippen molar-refractivity contribution in [2.75, 3.05) is 18.0 Å². The molecule has 1 aliphatic heterocycles. The monoisotopic (exact) mass is 356 g/mol. The van der Waals surface area contributed by atoms with Gasteiger partial charge in [-0.1, -0.05) is 0 Å². The highest BCUT2D eigenvalue weighted by atomic mass is 79.9. The fourth-order valence-corrected chi connectivity index (χ4v) is 2.45. The minimum Gasteiger partial charge on any atom is -0.444 e. The minimum absolute atomic E-state index is 0.0686. The molecule has 116 valence electrons. The zero-order valence-corrected chi connectivity index (χ0v) is 14.2. The first kappa shape index (κ1) is 16.0. The van der Waals surface area contributed by atoms with E-state index in [2.05, 4.69) is 36.1 Å². The lowest BCUT2D eigenvalue weighted by molar-refractivity contribution is 0.0500. The summed E-state index contributed by atoms with van der Waals surface area (Å²) in [5.41, 5.74) is -0.477. The van der Waals surface area contributed by atoms with Crippen molar-refractivity contribution >= 4 is 27.8 Å². The molecule has 2 heterocycles. The van der Waals surface area contributed by atoms with Gasteiger partial charge in [-0.3, -0.25) is 0 Å². The highest BCUT2D eigenvalue weighted by Gasteiger charge is 2.24. The van der Waals surface area contributed by atoms with Gasteiger partial charge in [-0.05, 0) is 49.5 Å². The van der Waals surface area contributed by atoms with Gasteiger partial charge in [0.25, 0.3) is 0 Å². The molecule has 0 spiro atoms. The number of rotatable bonds is 2. The number of ether oxygens (including phenoxy) is 1. The summed E-state index contributed by atoms with van der Waals surface area (Å²) in [6.45, 7) is 7.21. The third kappa shape index (κ3) is 5.15. The molecule has 7 heteroatoms. The Morgan fingerprint density at radius 2 is 2.19 bits per heavy atom. The van der Waals surface area contributed by atoms with E-state index in [1.54, 1.807) is 12.4 Å². The maximum absolute atomic E-state index is 11.8. The molecule has 1 saturated heterocycles. The number of piperidine rings is 1. The number of nitrogens with zero attached hydrogens (tertiary/aromatic N) is 3. The van der Waals surface area contributed by atoms with E-state index >= 15 is 0 Å². The molecule has 2 rings (SSSR count). The Balaban J connectivity index is 1.91. The molecular formula is C14H21BrN4O2. The Bertz CT molecular complexity index is 487. The number of anilines is 1. The first-order chi connectivity index (χ1) is 9.83. The van der Waals surface area contributed by atoms with Gasteiger partial charge in [-0.2, -0.15) is 0 Å². The van der Waals surface area contributed by atoms with Crippen molar-refractivity contribution in [3.05, 3.63) is 17.0 Å². The number of hydrogen-bond acceptors (Lipinski definition) is 5. The summed E-state index contributed by atoms with van der Waals surface area (Å²) in [5, 5.41) is 2.93. The Morgan fingerprint density at radius 3 is 2.81 bits per heavy atom. The average molecular weight is 357 g/mol. The van der Waals surface area contributed by atoms with E-state index in [1.807, 2.05) is 20.8 Å². The van der Waals surface area contributed by atoms with Crippen LogP contribution in [0.4, 0.5) is 10.6 Å². The van der Waals surface area contributed by atoms with E-state index < -0.39 is 5.60 Å². The van der Waals surface area contributed by atoms with Crippen LogP contribution in [-0.4, -0.2) is 40.8 Å². The number of nitrogens with one attached hydrogen (secondary N) is 1. The number of hydrogen-bond donors (Lipinski definition) is 1. The van der Waals surface area contributed by atoms with E-state index in [-0.39, 0.29) is 12.1 Å². The van der Waals surface area contributed by atoms with Crippen molar-refractivity contribution in [2.45, 2.75) is 45.3 Å². The van der Waals surface area contributed by atoms with Gasteiger partial charge in [0.15, 0.2) is 0 Å². The zero-order valence-electron chi connectivity index (χ0n) is 12.6. The number of carbonyl (C=O) groups is 1. The first-order valence-corrected chi connectivity index (χ1v) is 7.85. The van der Waals surface area contributed by atoms with Crippen LogP contribution in [0, 0.1) is 0 Å². The quantitative estimate of drug-likeness (QED) is 0.882. The predicted molar refractivity (Wildman–Crippen MR) is 84.3 cm³/mol. The topological polar surface area (TPSA) is 67.3 Å². The van der Waals surface area contributed by atoms with E-state index in [1.165, 1.54) is 0 Å². The van der Waals surface area contributed by atoms with Crippen molar-refractivity contribution in [1.29, 1.82) is 0 Å². The van der Waals surface area contributed by atoms with Crippen LogP contribution in [0.5, 0.6) is 0 Å². The van der Waals surface area contributed by atoms with Gasteiger partial charge in [-0.25, -0.2) is 14.8 Å². The maximum atomic E-state index is 11.8. The highest BCUT2D eigenvalue weighted by molar-refractivity contribution is 9.10. The van der Waals surface area contributed by atoms with Crippen LogP contribution in [-0.2, 0) is 4.74 Å². The summed E-state index contributed by atoms with van der Waals surface area (Å²) >= 11 is 3.28. The Kier molecular flexibility index (Phi) is 5.03. The molecule has 0 unspecified atom stereocenters. The molecule has 0 bridgehead atoms. The van der Waals surface area contributed by atoms with Crippen LogP contribution >= 0.6 is 15.9 Å². The predicted octanol–water partition coefficient (Wildman–Crippen LogP) is 2.73. The van der Waals surface area contributed by atoms with Gasteiger partial charge in [0.2, 0.25) is 0 Å². The number of amides is 1. The average Bonchev–Trinajstić information content (AvgIpc) is 2.37. The minimum atomic E-state index is -0.477. The van der Waals surface area contributed by atoms with Crippen LogP contribution in [0.3, 0.4) is 0 Å². The van der Waals surface area contributed by atoms with Crippen LogP contribution < -0.4 is 10.2 Å². The van der Waals surface area contributed by atoms with E-state index in [4.69, 9.17) is 4.74 Å². The SMILES string of the molecule is CC(C)(C)OC(=O)N[C@@H]1CCCN(c2cnc(Br)cn2)C1. The molecule has 1 fully saturated rings. The van der Waals surface area contributed by atoms with Gasteiger partial charge < -0.3 is 15.0 Å². The highest BCUT2D eigenvalue weighted by Crippen LogP contribution is 2.18. The molecule has 1 aromatic heterocycles. The molecule has 1 N–H and O–H groups in total. The van der Waals surface area contributed by atoms with Crippen LogP contribution in [0.2, 0.25) is 0 Å². The number of aromatic nitrogens is 2. The molecule has 1 aliphatic rings. The fourth-order valence-electron chi connectivity index (χ4n) is 2.25. The lowest BCUT2D eigenvalue weighted by atomic mass is 10.1. The maximum Gasteiger partial charge on any atom is 0.407 e. The smallest absolute Gasteiger partial charge is 0.407 e. The van der Waals surface area contributed by atoms with Crippen LogP contribution in [0.15, 0.2) is 17.0 Å². The molecule has 21 heavy (non-hydrogen) atoms. The lowest BCUT2D eigenvalue weighted by Crippen LogP contribution is -2.49.